The summed E-state index contributed by atoms with van der Waals surface area (Å²) in [7, 11) is 1.73. The topological polar surface area (TPSA) is 34.1 Å². The zero-order chi connectivity index (χ0) is 13.5. The van der Waals surface area contributed by atoms with Gasteiger partial charge in [0.2, 0.25) is 0 Å². The van der Waals surface area contributed by atoms with Crippen molar-refractivity contribution in [2.24, 2.45) is 5.92 Å². The first-order valence-electron chi connectivity index (χ1n) is 6.83. The number of nitrogens with one attached hydrogen (secondary N) is 1. The fourth-order valence-corrected chi connectivity index (χ4v) is 2.25. The lowest BCUT2D eigenvalue weighted by molar-refractivity contribution is 0.198. The normalized spacial score (nSPS) is 12.7. The molecule has 0 spiro atoms. The molecule has 0 aliphatic rings. The average Bonchev–Trinajstić information content (AvgIpc) is 2.43. The number of benzene rings is 1. The van der Waals surface area contributed by atoms with Gasteiger partial charge in [-0.1, -0.05) is 19.1 Å². The third-order valence-corrected chi connectivity index (χ3v) is 3.23. The molecule has 1 N–H and O–H groups in total. The fraction of sp³-hybridized carbons (Fsp3) is 0.438. The van der Waals surface area contributed by atoms with Crippen molar-refractivity contribution in [3.8, 4) is 0 Å². The van der Waals surface area contributed by atoms with Crippen LogP contribution in [-0.2, 0) is 11.2 Å². The number of rotatable bonds is 7. The number of hydrogen-bond donors (Lipinski definition) is 1. The highest BCUT2D eigenvalue weighted by atomic mass is 16.5. The summed E-state index contributed by atoms with van der Waals surface area (Å²) < 4.78 is 5.02. The Balaban J connectivity index is 1.89. The first-order valence-corrected chi connectivity index (χ1v) is 6.83. The van der Waals surface area contributed by atoms with Gasteiger partial charge in [0.15, 0.2) is 0 Å². The van der Waals surface area contributed by atoms with Gasteiger partial charge in [-0.3, -0.25) is 4.98 Å². The molecule has 0 saturated heterocycles. The van der Waals surface area contributed by atoms with Gasteiger partial charge in [0.25, 0.3) is 0 Å². The van der Waals surface area contributed by atoms with E-state index < -0.39 is 0 Å². The quantitative estimate of drug-likeness (QED) is 0.775. The van der Waals surface area contributed by atoms with Crippen molar-refractivity contribution < 1.29 is 4.74 Å². The number of pyridine rings is 1. The van der Waals surface area contributed by atoms with E-state index in [-0.39, 0.29) is 0 Å². The summed E-state index contributed by atoms with van der Waals surface area (Å²) in [5.74, 6) is 0.617. The van der Waals surface area contributed by atoms with Crippen LogP contribution in [0.2, 0.25) is 0 Å². The molecule has 102 valence electrons. The number of ether oxygens (including phenoxy) is 1. The molecule has 0 radical (unpaired) electrons. The van der Waals surface area contributed by atoms with Crippen molar-refractivity contribution in [3.05, 3.63) is 42.1 Å². The maximum Gasteiger partial charge on any atom is 0.0702 e. The van der Waals surface area contributed by atoms with Gasteiger partial charge >= 0.3 is 0 Å². The lowest BCUT2D eigenvalue weighted by atomic mass is 9.99. The molecule has 0 bridgehead atoms. The van der Waals surface area contributed by atoms with Crippen molar-refractivity contribution in [2.75, 3.05) is 26.8 Å². The summed E-state index contributed by atoms with van der Waals surface area (Å²) in [5, 5.41) is 4.63. The number of fused-ring (bicyclic) bond motifs is 1. The molecular weight excluding hydrogens is 236 g/mol. The van der Waals surface area contributed by atoms with Crippen LogP contribution in [-0.4, -0.2) is 31.8 Å². The van der Waals surface area contributed by atoms with E-state index >= 15 is 0 Å². The first-order chi connectivity index (χ1) is 9.29. The van der Waals surface area contributed by atoms with E-state index in [4.69, 9.17) is 4.74 Å². The molecule has 1 aromatic carbocycles. The number of aromatic nitrogens is 1. The summed E-state index contributed by atoms with van der Waals surface area (Å²) >= 11 is 0. The maximum absolute atomic E-state index is 5.02. The summed E-state index contributed by atoms with van der Waals surface area (Å²) in [6, 6.07) is 10.6. The van der Waals surface area contributed by atoms with Crippen molar-refractivity contribution in [3.63, 3.8) is 0 Å². The molecule has 0 saturated carbocycles. The van der Waals surface area contributed by atoms with E-state index in [2.05, 4.69) is 41.5 Å². The largest absolute Gasteiger partial charge is 0.383 e. The number of hydrogen-bond acceptors (Lipinski definition) is 3. The molecule has 3 nitrogen and oxygen atoms in total. The molecule has 2 aromatic rings. The van der Waals surface area contributed by atoms with Crippen LogP contribution in [0.4, 0.5) is 0 Å². The lowest BCUT2D eigenvalue weighted by Crippen LogP contribution is -2.25. The fourth-order valence-electron chi connectivity index (χ4n) is 2.25. The standard InChI is InChI=1S/C16H22N2O/c1-13(12-17-8-9-19-2)10-14-5-6-16-15(11-14)4-3-7-18-16/h3-7,11,13,17H,8-10,12H2,1-2H3. The van der Waals surface area contributed by atoms with Crippen LogP contribution in [0.3, 0.4) is 0 Å². The van der Waals surface area contributed by atoms with E-state index in [1.165, 1.54) is 10.9 Å². The molecule has 0 aliphatic carbocycles. The Hall–Kier alpha value is -1.45. The Bertz CT molecular complexity index is 513. The highest BCUT2D eigenvalue weighted by Gasteiger charge is 2.04. The second kappa shape index (κ2) is 7.22. The van der Waals surface area contributed by atoms with E-state index in [0.29, 0.717) is 5.92 Å². The van der Waals surface area contributed by atoms with E-state index in [1.54, 1.807) is 7.11 Å². The van der Waals surface area contributed by atoms with Crippen molar-refractivity contribution in [2.45, 2.75) is 13.3 Å². The molecule has 2 rings (SSSR count). The van der Waals surface area contributed by atoms with E-state index in [9.17, 15) is 0 Å². The predicted molar refractivity (Wildman–Crippen MR) is 79.4 cm³/mol. The predicted octanol–water partition coefficient (Wildman–Crippen LogP) is 2.65. The Morgan fingerprint density at radius 2 is 2.21 bits per heavy atom. The lowest BCUT2D eigenvalue weighted by Gasteiger charge is -2.13. The second-order valence-electron chi connectivity index (χ2n) is 5.04. The minimum atomic E-state index is 0.617. The molecule has 0 fully saturated rings. The van der Waals surface area contributed by atoms with Gasteiger partial charge in [0.1, 0.15) is 0 Å². The molecule has 0 amide bonds. The van der Waals surface area contributed by atoms with Gasteiger partial charge in [0.05, 0.1) is 12.1 Å². The van der Waals surface area contributed by atoms with Gasteiger partial charge in [-0.05, 0) is 42.6 Å². The Morgan fingerprint density at radius 1 is 1.32 bits per heavy atom. The minimum Gasteiger partial charge on any atom is -0.383 e. The van der Waals surface area contributed by atoms with Crippen LogP contribution in [0.5, 0.6) is 0 Å². The summed E-state index contributed by atoms with van der Waals surface area (Å²) in [6.07, 6.45) is 2.93. The zero-order valence-corrected chi connectivity index (χ0v) is 11.7. The van der Waals surface area contributed by atoms with Crippen LogP contribution >= 0.6 is 0 Å². The summed E-state index contributed by atoms with van der Waals surface area (Å²) in [6.45, 7) is 4.98. The van der Waals surface area contributed by atoms with Gasteiger partial charge in [0, 0.05) is 25.2 Å². The van der Waals surface area contributed by atoms with E-state index in [1.807, 2.05) is 12.3 Å². The maximum atomic E-state index is 5.02. The van der Waals surface area contributed by atoms with Crippen LogP contribution in [0.25, 0.3) is 10.9 Å². The molecule has 3 heteroatoms. The molecule has 0 aliphatic heterocycles. The number of methoxy groups -OCH3 is 1. The van der Waals surface area contributed by atoms with E-state index in [0.717, 1.165) is 31.6 Å². The van der Waals surface area contributed by atoms with Crippen molar-refractivity contribution in [1.82, 2.24) is 10.3 Å². The highest BCUT2D eigenvalue weighted by Crippen LogP contribution is 2.16. The van der Waals surface area contributed by atoms with Crippen molar-refractivity contribution >= 4 is 10.9 Å². The van der Waals surface area contributed by atoms with Gasteiger partial charge < -0.3 is 10.1 Å². The smallest absolute Gasteiger partial charge is 0.0702 e. The van der Waals surface area contributed by atoms with Crippen LogP contribution in [0, 0.1) is 5.92 Å². The molecule has 1 unspecified atom stereocenters. The summed E-state index contributed by atoms with van der Waals surface area (Å²) in [5.41, 5.74) is 2.44. The summed E-state index contributed by atoms with van der Waals surface area (Å²) in [4.78, 5) is 4.35. The molecular formula is C16H22N2O. The second-order valence-corrected chi connectivity index (χ2v) is 5.04. The van der Waals surface area contributed by atoms with Crippen molar-refractivity contribution in [1.29, 1.82) is 0 Å². The van der Waals surface area contributed by atoms with Crippen LogP contribution in [0.15, 0.2) is 36.5 Å². The monoisotopic (exact) mass is 258 g/mol. The Morgan fingerprint density at radius 3 is 3.05 bits per heavy atom. The third kappa shape index (κ3) is 4.30. The highest BCUT2D eigenvalue weighted by molar-refractivity contribution is 5.78. The Labute approximate surface area is 115 Å². The molecule has 19 heavy (non-hydrogen) atoms. The molecule has 1 atom stereocenters. The first kappa shape index (κ1) is 14.0. The van der Waals surface area contributed by atoms with Crippen LogP contribution < -0.4 is 5.32 Å². The van der Waals surface area contributed by atoms with Gasteiger partial charge in [-0.2, -0.15) is 0 Å². The number of nitrogens with zero attached hydrogens (tertiary/aromatic N) is 1. The van der Waals surface area contributed by atoms with Gasteiger partial charge in [-0.25, -0.2) is 0 Å². The van der Waals surface area contributed by atoms with Gasteiger partial charge in [-0.15, -0.1) is 0 Å². The SMILES string of the molecule is COCCNCC(C)Cc1ccc2ncccc2c1. The molecule has 1 heterocycles. The minimum absolute atomic E-state index is 0.617. The molecule has 1 aromatic heterocycles. The van der Waals surface area contributed by atoms with Crippen LogP contribution in [0.1, 0.15) is 12.5 Å². The third-order valence-electron chi connectivity index (χ3n) is 3.23. The zero-order valence-electron chi connectivity index (χ0n) is 11.7. The average molecular weight is 258 g/mol. The Kier molecular flexibility index (Phi) is 5.31.